The van der Waals surface area contributed by atoms with E-state index in [2.05, 4.69) is 0 Å². The minimum atomic E-state index is -1.52. The van der Waals surface area contributed by atoms with E-state index in [-0.39, 0.29) is 11.6 Å². The van der Waals surface area contributed by atoms with Gasteiger partial charge in [0, 0.05) is 19.8 Å². The first-order chi connectivity index (χ1) is 11.9. The minimum absolute atomic E-state index is 0.382. The third-order valence-corrected chi connectivity index (χ3v) is 4.30. The van der Waals surface area contributed by atoms with Crippen LogP contribution in [0.2, 0.25) is 0 Å². The quantitative estimate of drug-likeness (QED) is 0.716. The van der Waals surface area contributed by atoms with E-state index in [9.17, 15) is 13.9 Å². The van der Waals surface area contributed by atoms with Crippen LogP contribution < -0.4 is 4.90 Å². The maximum Gasteiger partial charge on any atom is 0.140 e. The summed E-state index contributed by atoms with van der Waals surface area (Å²) in [7, 11) is 3.82. The normalized spacial score (nSPS) is 11.4. The first-order valence-corrected chi connectivity index (χ1v) is 7.93. The molecule has 0 saturated heterocycles. The van der Waals surface area contributed by atoms with Crippen molar-refractivity contribution in [2.24, 2.45) is 0 Å². The van der Waals surface area contributed by atoms with Gasteiger partial charge in [-0.15, -0.1) is 0 Å². The molecule has 0 radical (unpaired) electrons. The van der Waals surface area contributed by atoms with Crippen LogP contribution in [0, 0.1) is 11.6 Å². The molecule has 0 amide bonds. The fraction of sp³-hybridized carbons (Fsp3) is 0.143. The molecule has 3 aromatic rings. The molecule has 0 atom stereocenters. The lowest BCUT2D eigenvalue weighted by Crippen LogP contribution is -2.29. The van der Waals surface area contributed by atoms with E-state index >= 15 is 0 Å². The SMILES string of the molecule is CN(C)c1cccc(C(O)(c2ccc(F)cc2)c2ccc(F)cc2)c1. The van der Waals surface area contributed by atoms with Crippen LogP contribution in [0.25, 0.3) is 0 Å². The van der Waals surface area contributed by atoms with Crippen LogP contribution in [0.15, 0.2) is 72.8 Å². The lowest BCUT2D eigenvalue weighted by Gasteiger charge is -2.31. The van der Waals surface area contributed by atoms with Crippen LogP contribution in [0.3, 0.4) is 0 Å². The Kier molecular flexibility index (Phi) is 4.55. The summed E-state index contributed by atoms with van der Waals surface area (Å²) in [6, 6.07) is 18.8. The summed E-state index contributed by atoms with van der Waals surface area (Å²) in [5.41, 5.74) is 1.04. The maximum absolute atomic E-state index is 13.4. The average molecular weight is 339 g/mol. The molecule has 0 spiro atoms. The average Bonchev–Trinajstić information content (AvgIpc) is 2.62. The Balaban J connectivity index is 2.23. The van der Waals surface area contributed by atoms with Gasteiger partial charge in [0.05, 0.1) is 0 Å². The lowest BCUT2D eigenvalue weighted by molar-refractivity contribution is 0.125. The lowest BCUT2D eigenvalue weighted by atomic mass is 9.80. The highest BCUT2D eigenvalue weighted by Gasteiger charge is 2.34. The van der Waals surface area contributed by atoms with Crippen molar-refractivity contribution in [3.8, 4) is 0 Å². The topological polar surface area (TPSA) is 23.5 Å². The van der Waals surface area contributed by atoms with Crippen LogP contribution in [0.4, 0.5) is 14.5 Å². The highest BCUT2D eigenvalue weighted by Crippen LogP contribution is 2.38. The van der Waals surface area contributed by atoms with Crippen molar-refractivity contribution in [3.63, 3.8) is 0 Å². The van der Waals surface area contributed by atoms with Gasteiger partial charge in [-0.3, -0.25) is 0 Å². The first kappa shape index (κ1) is 17.1. The summed E-state index contributed by atoms with van der Waals surface area (Å²) in [5.74, 6) is -0.764. The monoisotopic (exact) mass is 339 g/mol. The van der Waals surface area contributed by atoms with Crippen molar-refractivity contribution in [2.45, 2.75) is 5.60 Å². The van der Waals surface area contributed by atoms with Crippen molar-refractivity contribution in [1.29, 1.82) is 0 Å². The zero-order valence-electron chi connectivity index (χ0n) is 14.1. The van der Waals surface area contributed by atoms with Gasteiger partial charge in [0.2, 0.25) is 0 Å². The fourth-order valence-electron chi connectivity index (χ4n) is 2.89. The van der Waals surface area contributed by atoms with E-state index in [1.165, 1.54) is 24.3 Å². The van der Waals surface area contributed by atoms with Crippen LogP contribution in [0.5, 0.6) is 0 Å². The molecule has 0 aliphatic carbocycles. The molecule has 3 aromatic carbocycles. The number of nitrogens with zero attached hydrogens (tertiary/aromatic N) is 1. The standard InChI is InChI=1S/C21H19F2NO/c1-24(2)20-5-3-4-17(14-20)21(25,15-6-10-18(22)11-7-15)16-8-12-19(23)13-9-16/h3-14,25H,1-2H3. The van der Waals surface area contributed by atoms with Crippen LogP contribution in [-0.4, -0.2) is 19.2 Å². The van der Waals surface area contributed by atoms with Gasteiger partial charge in [0.25, 0.3) is 0 Å². The fourth-order valence-corrected chi connectivity index (χ4v) is 2.89. The number of hydrogen-bond acceptors (Lipinski definition) is 2. The molecule has 4 heteroatoms. The second-order valence-corrected chi connectivity index (χ2v) is 6.17. The van der Waals surface area contributed by atoms with Crippen molar-refractivity contribution >= 4 is 5.69 Å². The zero-order valence-corrected chi connectivity index (χ0v) is 14.1. The van der Waals surface area contributed by atoms with E-state index in [1.807, 2.05) is 37.2 Å². The Morgan fingerprint density at radius 2 is 1.20 bits per heavy atom. The van der Waals surface area contributed by atoms with Gasteiger partial charge in [-0.1, -0.05) is 36.4 Å². The van der Waals surface area contributed by atoms with Crippen molar-refractivity contribution in [1.82, 2.24) is 0 Å². The van der Waals surface area contributed by atoms with Gasteiger partial charge >= 0.3 is 0 Å². The van der Waals surface area contributed by atoms with Crippen molar-refractivity contribution < 1.29 is 13.9 Å². The highest BCUT2D eigenvalue weighted by molar-refractivity contribution is 5.54. The van der Waals surface area contributed by atoms with Crippen molar-refractivity contribution in [3.05, 3.63) is 101 Å². The zero-order chi connectivity index (χ0) is 18.0. The van der Waals surface area contributed by atoms with Gasteiger partial charge in [-0.2, -0.15) is 0 Å². The smallest absolute Gasteiger partial charge is 0.140 e. The molecule has 0 aromatic heterocycles. The summed E-state index contributed by atoms with van der Waals surface area (Å²) in [4.78, 5) is 1.93. The summed E-state index contributed by atoms with van der Waals surface area (Å²) in [6.07, 6.45) is 0. The molecule has 0 heterocycles. The molecule has 25 heavy (non-hydrogen) atoms. The summed E-state index contributed by atoms with van der Waals surface area (Å²) in [6.45, 7) is 0. The molecule has 0 saturated carbocycles. The van der Waals surface area contributed by atoms with Gasteiger partial charge < -0.3 is 10.0 Å². The van der Waals surface area contributed by atoms with E-state index in [0.717, 1.165) is 5.69 Å². The number of benzene rings is 3. The molecule has 0 aliphatic rings. The Bertz CT molecular complexity index is 812. The predicted molar refractivity (Wildman–Crippen MR) is 95.7 cm³/mol. The molecule has 1 N–H and O–H groups in total. The van der Waals surface area contributed by atoms with Crippen molar-refractivity contribution in [2.75, 3.05) is 19.0 Å². The number of aliphatic hydroxyl groups is 1. The second kappa shape index (κ2) is 6.65. The van der Waals surface area contributed by atoms with Crippen LogP contribution >= 0.6 is 0 Å². The molecule has 0 fully saturated rings. The largest absolute Gasteiger partial charge is 0.378 e. The molecular weight excluding hydrogens is 320 g/mol. The molecule has 0 bridgehead atoms. The Morgan fingerprint density at radius 1 is 0.720 bits per heavy atom. The van der Waals surface area contributed by atoms with E-state index in [0.29, 0.717) is 16.7 Å². The molecule has 0 unspecified atom stereocenters. The molecule has 0 aliphatic heterocycles. The van der Waals surface area contributed by atoms with Crippen LogP contribution in [0.1, 0.15) is 16.7 Å². The Hall–Kier alpha value is -2.72. The predicted octanol–water partition coefficient (Wildman–Crippen LogP) is 4.32. The van der Waals surface area contributed by atoms with Gasteiger partial charge in [0.15, 0.2) is 0 Å². The summed E-state index contributed by atoms with van der Waals surface area (Å²) in [5, 5.41) is 11.6. The van der Waals surface area contributed by atoms with Gasteiger partial charge in [-0.05, 0) is 53.1 Å². The minimum Gasteiger partial charge on any atom is -0.378 e. The summed E-state index contributed by atoms with van der Waals surface area (Å²) >= 11 is 0. The molecule has 2 nitrogen and oxygen atoms in total. The maximum atomic E-state index is 13.4. The number of anilines is 1. The highest BCUT2D eigenvalue weighted by atomic mass is 19.1. The number of rotatable bonds is 4. The van der Waals surface area contributed by atoms with Gasteiger partial charge in [0.1, 0.15) is 17.2 Å². The molecular formula is C21H19F2NO. The Morgan fingerprint density at radius 3 is 1.64 bits per heavy atom. The third-order valence-electron chi connectivity index (χ3n) is 4.30. The van der Waals surface area contributed by atoms with Crippen LogP contribution in [-0.2, 0) is 5.60 Å². The summed E-state index contributed by atoms with van der Waals surface area (Å²) < 4.78 is 26.7. The number of halogens is 2. The number of hydrogen-bond donors (Lipinski definition) is 1. The van der Waals surface area contributed by atoms with E-state index in [1.54, 1.807) is 30.3 Å². The molecule has 128 valence electrons. The van der Waals surface area contributed by atoms with Gasteiger partial charge in [-0.25, -0.2) is 8.78 Å². The second-order valence-electron chi connectivity index (χ2n) is 6.17. The first-order valence-electron chi connectivity index (χ1n) is 7.93. The van der Waals surface area contributed by atoms with E-state index in [4.69, 9.17) is 0 Å². The van der Waals surface area contributed by atoms with E-state index < -0.39 is 5.60 Å². The Labute approximate surface area is 146 Å². The molecule has 3 rings (SSSR count). The third kappa shape index (κ3) is 3.26.